The average molecular weight is 398 g/mol. The zero-order valence-electron chi connectivity index (χ0n) is 14.8. The smallest absolute Gasteiger partial charge is 0.323 e. The van der Waals surface area contributed by atoms with E-state index in [1.807, 2.05) is 18.2 Å². The van der Waals surface area contributed by atoms with Crippen molar-refractivity contribution in [2.24, 2.45) is 0 Å². The van der Waals surface area contributed by atoms with E-state index in [0.717, 1.165) is 11.1 Å². The van der Waals surface area contributed by atoms with E-state index in [4.69, 9.17) is 11.6 Å². The van der Waals surface area contributed by atoms with E-state index in [9.17, 15) is 9.18 Å². The number of carbonyl (C=O) groups excluding carboxylic acids is 1. The van der Waals surface area contributed by atoms with Crippen LogP contribution in [0.15, 0.2) is 55.0 Å². The standard InChI is InChI=1S/C20H17ClFN5O/c21-15-10-23-12-24-19(15)27-9-8-14-13(11-27)4-3-7-17(14)25-20(28)26-18-6-2-1-5-16(18)22/h1-7,10,12H,8-9,11H2,(H2,25,26,28). The van der Waals surface area contributed by atoms with Crippen LogP contribution in [0.2, 0.25) is 5.02 Å². The predicted octanol–water partition coefficient (Wildman–Crippen LogP) is 4.48. The van der Waals surface area contributed by atoms with Crippen molar-refractivity contribution >= 4 is 34.8 Å². The molecule has 8 heteroatoms. The van der Waals surface area contributed by atoms with E-state index in [1.165, 1.54) is 18.5 Å². The third kappa shape index (κ3) is 3.75. The van der Waals surface area contributed by atoms with Gasteiger partial charge in [0, 0.05) is 18.8 Å². The molecule has 6 nitrogen and oxygen atoms in total. The average Bonchev–Trinajstić information content (AvgIpc) is 2.70. The van der Waals surface area contributed by atoms with Crippen molar-refractivity contribution in [3.05, 3.63) is 77.0 Å². The van der Waals surface area contributed by atoms with Gasteiger partial charge in [-0.3, -0.25) is 0 Å². The molecule has 0 saturated heterocycles. The van der Waals surface area contributed by atoms with E-state index in [0.29, 0.717) is 36.0 Å². The Kier molecular flexibility index (Phi) is 5.08. The number of nitrogens with zero attached hydrogens (tertiary/aromatic N) is 3. The molecule has 0 saturated carbocycles. The lowest BCUT2D eigenvalue weighted by molar-refractivity contribution is 0.262. The zero-order valence-corrected chi connectivity index (χ0v) is 15.6. The number of nitrogens with one attached hydrogen (secondary N) is 2. The lowest BCUT2D eigenvalue weighted by Gasteiger charge is -2.31. The number of halogens is 2. The lowest BCUT2D eigenvalue weighted by atomic mass is 9.97. The molecule has 1 aromatic heterocycles. The number of para-hydroxylation sites is 1. The highest BCUT2D eigenvalue weighted by Crippen LogP contribution is 2.31. The fraction of sp³-hybridized carbons (Fsp3) is 0.150. The number of urea groups is 1. The van der Waals surface area contributed by atoms with Crippen molar-refractivity contribution in [3.63, 3.8) is 0 Å². The molecular weight excluding hydrogens is 381 g/mol. The van der Waals surface area contributed by atoms with Gasteiger partial charge in [-0.15, -0.1) is 0 Å². The van der Waals surface area contributed by atoms with Gasteiger partial charge in [-0.2, -0.15) is 0 Å². The van der Waals surface area contributed by atoms with Crippen LogP contribution in [0.1, 0.15) is 11.1 Å². The SMILES string of the molecule is O=C(Nc1ccccc1F)Nc1cccc2c1CCN(c1ncncc1Cl)C2. The van der Waals surface area contributed by atoms with Crippen molar-refractivity contribution < 1.29 is 9.18 Å². The molecule has 0 spiro atoms. The molecule has 3 aromatic rings. The fourth-order valence-corrected chi connectivity index (χ4v) is 3.51. The minimum absolute atomic E-state index is 0.134. The molecular formula is C20H17ClFN5O. The van der Waals surface area contributed by atoms with Crippen LogP contribution in [0.5, 0.6) is 0 Å². The summed E-state index contributed by atoms with van der Waals surface area (Å²) in [7, 11) is 0. The molecule has 142 valence electrons. The minimum Gasteiger partial charge on any atom is -0.351 e. The molecule has 2 heterocycles. The van der Waals surface area contributed by atoms with Gasteiger partial charge in [-0.05, 0) is 35.7 Å². The van der Waals surface area contributed by atoms with Gasteiger partial charge in [0.1, 0.15) is 17.2 Å². The van der Waals surface area contributed by atoms with Crippen molar-refractivity contribution in [2.45, 2.75) is 13.0 Å². The highest BCUT2D eigenvalue weighted by molar-refractivity contribution is 6.32. The summed E-state index contributed by atoms with van der Waals surface area (Å²) in [5, 5.41) is 5.87. The number of carbonyl (C=O) groups is 1. The summed E-state index contributed by atoms with van der Waals surface area (Å²) in [6.45, 7) is 1.33. The van der Waals surface area contributed by atoms with E-state index < -0.39 is 11.8 Å². The summed E-state index contributed by atoms with van der Waals surface area (Å²) in [4.78, 5) is 22.6. The summed E-state index contributed by atoms with van der Waals surface area (Å²) in [6, 6.07) is 11.3. The molecule has 1 aliphatic rings. The first kappa shape index (κ1) is 18.2. The number of anilines is 3. The van der Waals surface area contributed by atoms with Gasteiger partial charge in [-0.1, -0.05) is 35.9 Å². The van der Waals surface area contributed by atoms with Gasteiger partial charge in [0.15, 0.2) is 5.82 Å². The maximum atomic E-state index is 13.7. The number of hydrogen-bond donors (Lipinski definition) is 2. The molecule has 0 fully saturated rings. The topological polar surface area (TPSA) is 70.2 Å². The Morgan fingerprint density at radius 3 is 2.71 bits per heavy atom. The van der Waals surface area contributed by atoms with Crippen LogP contribution in [0.4, 0.5) is 26.4 Å². The van der Waals surface area contributed by atoms with Crippen LogP contribution in [-0.4, -0.2) is 22.5 Å². The Balaban J connectivity index is 1.51. The minimum atomic E-state index is -0.486. The molecule has 2 amide bonds. The van der Waals surface area contributed by atoms with Gasteiger partial charge >= 0.3 is 6.03 Å². The molecule has 0 bridgehead atoms. The number of benzene rings is 2. The van der Waals surface area contributed by atoms with E-state index in [1.54, 1.807) is 18.3 Å². The number of hydrogen-bond acceptors (Lipinski definition) is 4. The molecule has 2 N–H and O–H groups in total. The summed E-state index contributed by atoms with van der Waals surface area (Å²) in [6.07, 6.45) is 3.76. The van der Waals surface area contributed by atoms with Crippen LogP contribution in [0.25, 0.3) is 0 Å². The molecule has 0 unspecified atom stereocenters. The first-order chi connectivity index (χ1) is 13.6. The Labute approximate surface area is 166 Å². The first-order valence-electron chi connectivity index (χ1n) is 8.75. The quantitative estimate of drug-likeness (QED) is 0.683. The first-order valence-corrected chi connectivity index (χ1v) is 9.13. The van der Waals surface area contributed by atoms with Gasteiger partial charge in [0.25, 0.3) is 0 Å². The molecule has 2 aromatic carbocycles. The number of fused-ring (bicyclic) bond motifs is 1. The number of aromatic nitrogens is 2. The number of amides is 2. The second-order valence-corrected chi connectivity index (χ2v) is 6.78. The third-order valence-electron chi connectivity index (χ3n) is 4.58. The summed E-state index contributed by atoms with van der Waals surface area (Å²) >= 11 is 6.21. The van der Waals surface area contributed by atoms with E-state index in [-0.39, 0.29) is 5.69 Å². The highest BCUT2D eigenvalue weighted by atomic mass is 35.5. The molecule has 0 aliphatic carbocycles. The van der Waals surface area contributed by atoms with Crippen molar-refractivity contribution in [3.8, 4) is 0 Å². The molecule has 0 radical (unpaired) electrons. The maximum absolute atomic E-state index is 13.7. The van der Waals surface area contributed by atoms with Gasteiger partial charge in [-0.25, -0.2) is 19.2 Å². The van der Waals surface area contributed by atoms with Crippen molar-refractivity contribution in [1.82, 2.24) is 9.97 Å². The monoisotopic (exact) mass is 397 g/mol. The Bertz CT molecular complexity index is 1030. The van der Waals surface area contributed by atoms with Gasteiger partial charge in [0.05, 0.1) is 11.9 Å². The zero-order chi connectivity index (χ0) is 19.5. The molecule has 1 aliphatic heterocycles. The largest absolute Gasteiger partial charge is 0.351 e. The Morgan fingerprint density at radius 2 is 1.89 bits per heavy atom. The summed E-state index contributed by atoms with van der Waals surface area (Å²) in [5.74, 6) is 0.211. The summed E-state index contributed by atoms with van der Waals surface area (Å²) < 4.78 is 13.7. The summed E-state index contributed by atoms with van der Waals surface area (Å²) in [5.41, 5.74) is 2.96. The molecule has 4 rings (SSSR count). The normalized spacial score (nSPS) is 13.0. The Morgan fingerprint density at radius 1 is 1.11 bits per heavy atom. The molecule has 28 heavy (non-hydrogen) atoms. The predicted molar refractivity (Wildman–Crippen MR) is 107 cm³/mol. The van der Waals surface area contributed by atoms with Crippen LogP contribution in [-0.2, 0) is 13.0 Å². The Hall–Kier alpha value is -3.19. The second kappa shape index (κ2) is 7.82. The lowest BCUT2D eigenvalue weighted by Crippen LogP contribution is -2.32. The van der Waals surface area contributed by atoms with Crippen LogP contribution in [0.3, 0.4) is 0 Å². The van der Waals surface area contributed by atoms with Gasteiger partial charge < -0.3 is 15.5 Å². The van der Waals surface area contributed by atoms with Crippen molar-refractivity contribution in [2.75, 3.05) is 22.1 Å². The van der Waals surface area contributed by atoms with Crippen molar-refractivity contribution in [1.29, 1.82) is 0 Å². The second-order valence-electron chi connectivity index (χ2n) is 6.37. The van der Waals surface area contributed by atoms with Crippen LogP contribution < -0.4 is 15.5 Å². The maximum Gasteiger partial charge on any atom is 0.323 e. The van der Waals surface area contributed by atoms with Gasteiger partial charge in [0.2, 0.25) is 0 Å². The van der Waals surface area contributed by atoms with E-state index in [2.05, 4.69) is 25.5 Å². The highest BCUT2D eigenvalue weighted by Gasteiger charge is 2.22. The van der Waals surface area contributed by atoms with E-state index >= 15 is 0 Å². The van der Waals surface area contributed by atoms with Crippen LogP contribution >= 0.6 is 11.6 Å². The third-order valence-corrected chi connectivity index (χ3v) is 4.85. The molecule has 0 atom stereocenters. The fourth-order valence-electron chi connectivity index (χ4n) is 3.28. The van der Waals surface area contributed by atoms with Crippen LogP contribution in [0, 0.1) is 5.82 Å². The number of rotatable bonds is 3.